The van der Waals surface area contributed by atoms with Gasteiger partial charge >= 0.3 is 0 Å². The van der Waals surface area contributed by atoms with Gasteiger partial charge in [-0.2, -0.15) is 0 Å². The van der Waals surface area contributed by atoms with Gasteiger partial charge < -0.3 is 11.1 Å². The maximum Gasteiger partial charge on any atom is 0.240 e. The van der Waals surface area contributed by atoms with Crippen molar-refractivity contribution in [3.8, 4) is 0 Å². The molecule has 0 aromatic heterocycles. The Bertz CT molecular complexity index is 738. The van der Waals surface area contributed by atoms with Crippen molar-refractivity contribution in [1.82, 2.24) is 0 Å². The molecule has 0 aliphatic rings. The van der Waals surface area contributed by atoms with Crippen LogP contribution in [0.3, 0.4) is 0 Å². The summed E-state index contributed by atoms with van der Waals surface area (Å²) in [6.45, 7) is 4.24. The van der Waals surface area contributed by atoms with Crippen LogP contribution in [-0.2, 0) is 10.0 Å². The van der Waals surface area contributed by atoms with Crippen LogP contribution >= 0.6 is 0 Å². The van der Waals surface area contributed by atoms with Gasteiger partial charge in [0.2, 0.25) is 10.0 Å². The molecule has 0 fully saturated rings. The summed E-state index contributed by atoms with van der Waals surface area (Å²) >= 11 is 0. The van der Waals surface area contributed by atoms with Crippen LogP contribution in [0, 0.1) is 0 Å². The highest BCUT2D eigenvalue weighted by Crippen LogP contribution is 2.29. The van der Waals surface area contributed by atoms with Crippen molar-refractivity contribution in [2.45, 2.75) is 24.7 Å². The Morgan fingerprint density at radius 1 is 1.05 bits per heavy atom. The Morgan fingerprint density at radius 3 is 2.19 bits per heavy atom. The molecular formula is C15H19N3O2S. The minimum Gasteiger partial charge on any atom is -0.396 e. The summed E-state index contributed by atoms with van der Waals surface area (Å²) in [5.41, 5.74) is 8.56. The van der Waals surface area contributed by atoms with E-state index in [1.165, 1.54) is 11.6 Å². The number of rotatable bonds is 4. The zero-order valence-corrected chi connectivity index (χ0v) is 12.8. The first-order valence-electron chi connectivity index (χ1n) is 6.57. The number of nitrogens with two attached hydrogens (primary N) is 2. The van der Waals surface area contributed by atoms with E-state index < -0.39 is 10.0 Å². The van der Waals surface area contributed by atoms with Gasteiger partial charge in [-0.15, -0.1) is 0 Å². The number of anilines is 3. The van der Waals surface area contributed by atoms with E-state index in [1.807, 2.05) is 24.3 Å². The summed E-state index contributed by atoms with van der Waals surface area (Å²) in [6.07, 6.45) is 0. The lowest BCUT2D eigenvalue weighted by Crippen LogP contribution is -2.15. The molecule has 0 radical (unpaired) electrons. The third-order valence-corrected chi connectivity index (χ3v) is 4.20. The lowest BCUT2D eigenvalue weighted by Gasteiger charge is -2.13. The van der Waals surface area contributed by atoms with Gasteiger partial charge in [-0.05, 0) is 35.7 Å². The molecule has 2 rings (SSSR count). The smallest absolute Gasteiger partial charge is 0.240 e. The molecule has 0 aliphatic heterocycles. The molecule has 112 valence electrons. The normalized spacial score (nSPS) is 11.6. The van der Waals surface area contributed by atoms with E-state index in [0.717, 1.165) is 5.69 Å². The van der Waals surface area contributed by atoms with Crippen molar-refractivity contribution in [3.63, 3.8) is 0 Å². The van der Waals surface area contributed by atoms with Crippen molar-refractivity contribution < 1.29 is 8.42 Å². The number of nitrogens with one attached hydrogen (secondary N) is 1. The lowest BCUT2D eigenvalue weighted by molar-refractivity contribution is 0.598. The SMILES string of the molecule is CC(C)c1ccc(Nc2cccc(S(N)(=O)=O)c2N)cc1. The second kappa shape index (κ2) is 5.75. The highest BCUT2D eigenvalue weighted by molar-refractivity contribution is 7.89. The second-order valence-corrected chi connectivity index (χ2v) is 6.69. The molecule has 6 heteroatoms. The zero-order valence-electron chi connectivity index (χ0n) is 12.0. The molecule has 0 saturated heterocycles. The van der Waals surface area contributed by atoms with Crippen LogP contribution in [0.2, 0.25) is 0 Å². The van der Waals surface area contributed by atoms with Crippen molar-refractivity contribution in [2.24, 2.45) is 5.14 Å². The maximum absolute atomic E-state index is 11.4. The van der Waals surface area contributed by atoms with Crippen LogP contribution in [-0.4, -0.2) is 8.42 Å². The van der Waals surface area contributed by atoms with Gasteiger partial charge in [0.1, 0.15) is 4.90 Å². The number of hydrogen-bond donors (Lipinski definition) is 3. The van der Waals surface area contributed by atoms with Gasteiger partial charge in [0.15, 0.2) is 0 Å². The maximum atomic E-state index is 11.4. The molecule has 2 aromatic rings. The Morgan fingerprint density at radius 2 is 1.67 bits per heavy atom. The number of para-hydroxylation sites is 1. The summed E-state index contributed by atoms with van der Waals surface area (Å²) in [5.74, 6) is 0.454. The van der Waals surface area contributed by atoms with E-state index in [9.17, 15) is 8.42 Å². The molecular weight excluding hydrogens is 286 g/mol. The second-order valence-electron chi connectivity index (χ2n) is 5.16. The number of hydrogen-bond acceptors (Lipinski definition) is 4. The molecule has 5 N–H and O–H groups in total. The predicted molar refractivity (Wildman–Crippen MR) is 86.0 cm³/mol. The van der Waals surface area contributed by atoms with Crippen LogP contribution < -0.4 is 16.2 Å². The van der Waals surface area contributed by atoms with Gasteiger partial charge in [0.25, 0.3) is 0 Å². The Kier molecular flexibility index (Phi) is 4.20. The van der Waals surface area contributed by atoms with Crippen LogP contribution in [0.1, 0.15) is 25.3 Å². The fourth-order valence-electron chi connectivity index (χ4n) is 2.01. The fraction of sp³-hybridized carbons (Fsp3) is 0.200. The summed E-state index contributed by atoms with van der Waals surface area (Å²) < 4.78 is 22.9. The van der Waals surface area contributed by atoms with Crippen LogP contribution in [0.15, 0.2) is 47.4 Å². The summed E-state index contributed by atoms with van der Waals surface area (Å²) in [4.78, 5) is -0.0775. The average Bonchev–Trinajstić information content (AvgIpc) is 2.40. The highest BCUT2D eigenvalue weighted by Gasteiger charge is 2.14. The first-order valence-corrected chi connectivity index (χ1v) is 8.12. The number of primary sulfonamides is 1. The first kappa shape index (κ1) is 15.3. The topological polar surface area (TPSA) is 98.2 Å². The lowest BCUT2D eigenvalue weighted by atomic mass is 10.0. The van der Waals surface area contributed by atoms with E-state index in [1.54, 1.807) is 12.1 Å². The van der Waals surface area contributed by atoms with Crippen LogP contribution in [0.4, 0.5) is 17.1 Å². The Balaban J connectivity index is 2.32. The number of nitrogen functional groups attached to an aromatic ring is 1. The molecule has 5 nitrogen and oxygen atoms in total. The fourth-order valence-corrected chi connectivity index (χ4v) is 2.69. The van der Waals surface area contributed by atoms with E-state index >= 15 is 0 Å². The third kappa shape index (κ3) is 3.53. The van der Waals surface area contributed by atoms with Crippen molar-refractivity contribution >= 4 is 27.1 Å². The van der Waals surface area contributed by atoms with Gasteiger partial charge in [-0.3, -0.25) is 0 Å². The molecule has 2 aromatic carbocycles. The molecule has 21 heavy (non-hydrogen) atoms. The van der Waals surface area contributed by atoms with E-state index in [2.05, 4.69) is 19.2 Å². The van der Waals surface area contributed by atoms with Gasteiger partial charge in [-0.1, -0.05) is 32.0 Å². The van der Waals surface area contributed by atoms with E-state index in [-0.39, 0.29) is 10.6 Å². The van der Waals surface area contributed by atoms with E-state index in [4.69, 9.17) is 10.9 Å². The van der Waals surface area contributed by atoms with Gasteiger partial charge in [0.05, 0.1) is 11.4 Å². The van der Waals surface area contributed by atoms with Crippen molar-refractivity contribution in [2.75, 3.05) is 11.1 Å². The highest BCUT2D eigenvalue weighted by atomic mass is 32.2. The molecule has 0 aliphatic carbocycles. The monoisotopic (exact) mass is 305 g/mol. The van der Waals surface area contributed by atoms with Crippen molar-refractivity contribution in [3.05, 3.63) is 48.0 Å². The molecule has 0 saturated carbocycles. The summed E-state index contributed by atoms with van der Waals surface area (Å²) in [5, 5.41) is 8.24. The molecule has 0 spiro atoms. The minimum absolute atomic E-state index is 0.0775. The molecule has 0 bridgehead atoms. The number of sulfonamides is 1. The Labute approximate surface area is 125 Å². The standard InChI is InChI=1S/C15H19N3O2S/c1-10(2)11-6-8-12(9-7-11)18-13-4-3-5-14(15(13)16)21(17,19)20/h3-10,18H,16H2,1-2H3,(H2,17,19,20). The Hall–Kier alpha value is -2.05. The molecule has 0 unspecified atom stereocenters. The molecule has 0 atom stereocenters. The van der Waals surface area contributed by atoms with Crippen molar-refractivity contribution in [1.29, 1.82) is 0 Å². The quantitative estimate of drug-likeness (QED) is 0.756. The molecule has 0 amide bonds. The number of benzene rings is 2. The minimum atomic E-state index is -3.83. The van der Waals surface area contributed by atoms with Gasteiger partial charge in [0, 0.05) is 5.69 Å². The third-order valence-electron chi connectivity index (χ3n) is 3.23. The predicted octanol–water partition coefficient (Wildman–Crippen LogP) is 2.78. The largest absolute Gasteiger partial charge is 0.396 e. The van der Waals surface area contributed by atoms with E-state index in [0.29, 0.717) is 11.6 Å². The first-order chi connectivity index (χ1) is 9.79. The molecule has 0 heterocycles. The summed E-state index contributed by atoms with van der Waals surface area (Å²) in [7, 11) is -3.83. The van der Waals surface area contributed by atoms with Crippen LogP contribution in [0.25, 0.3) is 0 Å². The zero-order chi connectivity index (χ0) is 15.6. The average molecular weight is 305 g/mol. The summed E-state index contributed by atoms with van der Waals surface area (Å²) in [6, 6.07) is 12.6. The van der Waals surface area contributed by atoms with Crippen LogP contribution in [0.5, 0.6) is 0 Å². The van der Waals surface area contributed by atoms with Gasteiger partial charge in [-0.25, -0.2) is 13.6 Å².